The average molecular weight is 400 g/mol. The third-order valence-electron chi connectivity index (χ3n) is 4.66. The first kappa shape index (κ1) is 21.1. The Hall–Kier alpha value is -2.58. The normalized spacial score (nSPS) is 16.0. The Morgan fingerprint density at radius 2 is 1.83 bits per heavy atom. The number of ether oxygens (including phenoxy) is 3. The van der Waals surface area contributed by atoms with Crippen molar-refractivity contribution in [2.24, 2.45) is 0 Å². The molecule has 154 valence electrons. The Kier molecular flexibility index (Phi) is 7.89. The van der Waals surface area contributed by atoms with Gasteiger partial charge in [-0.05, 0) is 55.7 Å². The summed E-state index contributed by atoms with van der Waals surface area (Å²) in [5.74, 6) is 4.12. The summed E-state index contributed by atoms with van der Waals surface area (Å²) in [5.41, 5.74) is 0.681. The Bertz CT molecular complexity index is 847. The highest BCUT2D eigenvalue weighted by Gasteiger charge is 2.20. The first-order valence-electron chi connectivity index (χ1n) is 10.2. The Labute approximate surface area is 171 Å². The molecule has 3 nitrogen and oxygen atoms in total. The van der Waals surface area contributed by atoms with E-state index in [1.807, 2.05) is 12.1 Å². The summed E-state index contributed by atoms with van der Waals surface area (Å²) in [6, 6.07) is 10.1. The molecule has 2 aromatic carbocycles. The first-order valence-corrected chi connectivity index (χ1v) is 10.2. The van der Waals surface area contributed by atoms with Gasteiger partial charge in [0.05, 0.1) is 18.8 Å². The van der Waals surface area contributed by atoms with Crippen LogP contribution in [0.15, 0.2) is 36.4 Å². The Morgan fingerprint density at radius 1 is 1.00 bits per heavy atom. The third kappa shape index (κ3) is 6.20. The highest BCUT2D eigenvalue weighted by molar-refractivity contribution is 5.46. The summed E-state index contributed by atoms with van der Waals surface area (Å²) in [5, 5.41) is 0. The van der Waals surface area contributed by atoms with E-state index in [-0.39, 0.29) is 11.3 Å². The van der Waals surface area contributed by atoms with Gasteiger partial charge in [-0.1, -0.05) is 31.6 Å². The molecule has 0 amide bonds. The van der Waals surface area contributed by atoms with Crippen molar-refractivity contribution in [2.75, 3.05) is 13.2 Å². The van der Waals surface area contributed by atoms with Crippen molar-refractivity contribution in [3.63, 3.8) is 0 Å². The van der Waals surface area contributed by atoms with E-state index in [9.17, 15) is 8.78 Å². The van der Waals surface area contributed by atoms with Crippen LogP contribution in [-0.2, 0) is 4.74 Å². The molecule has 1 heterocycles. The summed E-state index contributed by atoms with van der Waals surface area (Å²) < 4.78 is 45.2. The van der Waals surface area contributed by atoms with Crippen molar-refractivity contribution in [3.05, 3.63) is 59.2 Å². The van der Waals surface area contributed by atoms with Gasteiger partial charge in [0.25, 0.3) is 0 Å². The van der Waals surface area contributed by atoms with Gasteiger partial charge in [-0.25, -0.2) is 4.39 Å². The number of hydrogen-bond acceptors (Lipinski definition) is 3. The predicted molar refractivity (Wildman–Crippen MR) is 108 cm³/mol. The lowest BCUT2D eigenvalue weighted by Crippen LogP contribution is -2.25. The first-order chi connectivity index (χ1) is 14.2. The van der Waals surface area contributed by atoms with Gasteiger partial charge in [-0.15, -0.1) is 0 Å². The zero-order chi connectivity index (χ0) is 20.5. The molecule has 0 spiro atoms. The molecule has 0 aromatic heterocycles. The van der Waals surface area contributed by atoms with Gasteiger partial charge in [0.15, 0.2) is 17.9 Å². The van der Waals surface area contributed by atoms with Crippen LogP contribution in [0.3, 0.4) is 0 Å². The number of rotatable bonds is 7. The molecule has 2 aromatic rings. The maximum Gasteiger partial charge on any atom is 0.202 e. The molecule has 0 saturated carbocycles. The minimum Gasteiger partial charge on any atom is -0.494 e. The maximum absolute atomic E-state index is 14.4. The Morgan fingerprint density at radius 3 is 2.55 bits per heavy atom. The van der Waals surface area contributed by atoms with E-state index in [2.05, 4.69) is 18.8 Å². The van der Waals surface area contributed by atoms with Gasteiger partial charge < -0.3 is 14.2 Å². The zero-order valence-electron chi connectivity index (χ0n) is 16.7. The molecule has 0 aliphatic carbocycles. The highest BCUT2D eigenvalue weighted by atomic mass is 19.2. The summed E-state index contributed by atoms with van der Waals surface area (Å²) in [7, 11) is 0. The molecule has 1 saturated heterocycles. The molecule has 1 aliphatic heterocycles. The van der Waals surface area contributed by atoms with Crippen LogP contribution in [0.4, 0.5) is 8.78 Å². The molecule has 1 atom stereocenters. The van der Waals surface area contributed by atoms with E-state index in [0.717, 1.165) is 37.9 Å². The Balaban J connectivity index is 1.63. The van der Waals surface area contributed by atoms with Crippen LogP contribution in [0, 0.1) is 23.5 Å². The smallest absolute Gasteiger partial charge is 0.202 e. The topological polar surface area (TPSA) is 27.7 Å². The molecule has 29 heavy (non-hydrogen) atoms. The summed E-state index contributed by atoms with van der Waals surface area (Å²) in [4.78, 5) is 0. The zero-order valence-corrected chi connectivity index (χ0v) is 16.7. The van der Waals surface area contributed by atoms with Crippen molar-refractivity contribution < 1.29 is 23.0 Å². The van der Waals surface area contributed by atoms with Crippen LogP contribution in [0.2, 0.25) is 0 Å². The molecular weight excluding hydrogens is 374 g/mol. The van der Waals surface area contributed by atoms with Gasteiger partial charge in [0.1, 0.15) is 5.75 Å². The molecule has 0 bridgehead atoms. The third-order valence-corrected chi connectivity index (χ3v) is 4.66. The fraction of sp³-hybridized carbons (Fsp3) is 0.417. The number of halogens is 2. The minimum atomic E-state index is -1.04. The van der Waals surface area contributed by atoms with E-state index in [0.29, 0.717) is 25.2 Å². The molecular formula is C24H26F2O3. The van der Waals surface area contributed by atoms with Crippen molar-refractivity contribution in [1.29, 1.82) is 0 Å². The van der Waals surface area contributed by atoms with E-state index < -0.39 is 17.9 Å². The second kappa shape index (κ2) is 10.8. The van der Waals surface area contributed by atoms with Crippen molar-refractivity contribution in [2.45, 2.75) is 51.7 Å². The number of hydrogen-bond donors (Lipinski definition) is 0. The SMILES string of the molecule is CCCCCOc1ccc(C#Cc2ccc(OC3CCCCO3)c(F)c2F)cc1. The lowest BCUT2D eigenvalue weighted by molar-refractivity contribution is -0.107. The standard InChI is InChI=1S/C24H26F2O3/c1-2-3-5-16-27-20-13-9-18(10-14-20)8-11-19-12-15-21(24(26)23(19)25)29-22-7-4-6-17-28-22/h9-10,12-15,22H,2-7,16-17H2,1H3. The number of benzene rings is 2. The fourth-order valence-corrected chi connectivity index (χ4v) is 2.98. The van der Waals surface area contributed by atoms with Gasteiger partial charge in [-0.2, -0.15) is 4.39 Å². The highest BCUT2D eigenvalue weighted by Crippen LogP contribution is 2.26. The van der Waals surface area contributed by atoms with Crippen molar-refractivity contribution in [1.82, 2.24) is 0 Å². The second-order valence-corrected chi connectivity index (χ2v) is 6.98. The van der Waals surface area contributed by atoms with Crippen LogP contribution in [-0.4, -0.2) is 19.5 Å². The lowest BCUT2D eigenvalue weighted by Gasteiger charge is -2.23. The fourth-order valence-electron chi connectivity index (χ4n) is 2.98. The number of unbranched alkanes of at least 4 members (excludes halogenated alkanes) is 2. The summed E-state index contributed by atoms with van der Waals surface area (Å²) >= 11 is 0. The molecule has 1 fully saturated rings. The average Bonchev–Trinajstić information content (AvgIpc) is 2.76. The van der Waals surface area contributed by atoms with Crippen LogP contribution in [0.1, 0.15) is 56.6 Å². The van der Waals surface area contributed by atoms with E-state index in [1.165, 1.54) is 12.1 Å². The van der Waals surface area contributed by atoms with Crippen LogP contribution in [0.5, 0.6) is 11.5 Å². The second-order valence-electron chi connectivity index (χ2n) is 6.98. The van der Waals surface area contributed by atoms with E-state index >= 15 is 0 Å². The molecule has 5 heteroatoms. The van der Waals surface area contributed by atoms with Gasteiger partial charge in [0, 0.05) is 12.0 Å². The van der Waals surface area contributed by atoms with Crippen molar-refractivity contribution in [3.8, 4) is 23.3 Å². The molecule has 1 unspecified atom stereocenters. The quantitative estimate of drug-likeness (QED) is 0.432. The molecule has 0 radical (unpaired) electrons. The van der Waals surface area contributed by atoms with Crippen LogP contribution < -0.4 is 9.47 Å². The largest absolute Gasteiger partial charge is 0.494 e. The molecule has 1 aliphatic rings. The summed E-state index contributed by atoms with van der Waals surface area (Å²) in [6.45, 7) is 3.40. The van der Waals surface area contributed by atoms with Gasteiger partial charge in [0.2, 0.25) is 5.82 Å². The van der Waals surface area contributed by atoms with Crippen LogP contribution >= 0.6 is 0 Å². The van der Waals surface area contributed by atoms with Gasteiger partial charge in [-0.3, -0.25) is 0 Å². The predicted octanol–water partition coefficient (Wildman–Crippen LogP) is 5.84. The summed E-state index contributed by atoms with van der Waals surface area (Å²) in [6.07, 6.45) is 5.35. The molecule has 0 N–H and O–H groups in total. The minimum absolute atomic E-state index is 0.0145. The maximum atomic E-state index is 14.4. The monoisotopic (exact) mass is 400 g/mol. The van der Waals surface area contributed by atoms with Crippen molar-refractivity contribution >= 4 is 0 Å². The van der Waals surface area contributed by atoms with E-state index in [1.54, 1.807) is 12.1 Å². The lowest BCUT2D eigenvalue weighted by atomic mass is 10.1. The van der Waals surface area contributed by atoms with E-state index in [4.69, 9.17) is 14.2 Å². The van der Waals surface area contributed by atoms with Crippen LogP contribution in [0.25, 0.3) is 0 Å². The molecule has 3 rings (SSSR count). The van der Waals surface area contributed by atoms with Gasteiger partial charge >= 0.3 is 0 Å².